The SMILES string of the molecule is O=C(Oc1ccc(Cl)cc1)N1CCc2c([nH]c3ccc(Cl)cc23)[C@@H]1c1ccc(OCC2=CN([C@@H]3OC(CO)C(O)C(O)C3O)NN2)cc1. The lowest BCUT2D eigenvalue weighted by Crippen LogP contribution is -2.64. The summed E-state index contributed by atoms with van der Waals surface area (Å²) in [5.74, 6) is 0.943. The molecule has 1 amide bonds. The summed E-state index contributed by atoms with van der Waals surface area (Å²) in [6.45, 7) is -0.00771. The number of aromatic amines is 1. The van der Waals surface area contributed by atoms with E-state index in [4.69, 9.17) is 37.4 Å². The van der Waals surface area contributed by atoms with Crippen LogP contribution in [0.15, 0.2) is 78.6 Å². The van der Waals surface area contributed by atoms with E-state index in [2.05, 4.69) is 15.9 Å². The molecule has 48 heavy (non-hydrogen) atoms. The van der Waals surface area contributed by atoms with Gasteiger partial charge in [0, 0.05) is 39.4 Å². The van der Waals surface area contributed by atoms with Gasteiger partial charge in [-0.2, -0.15) is 0 Å². The summed E-state index contributed by atoms with van der Waals surface area (Å²) < 4.78 is 17.3. The van der Waals surface area contributed by atoms with E-state index in [0.29, 0.717) is 40.2 Å². The lowest BCUT2D eigenvalue weighted by molar-refractivity contribution is -0.264. The summed E-state index contributed by atoms with van der Waals surface area (Å²) in [6, 6.07) is 19.2. The molecule has 4 unspecified atom stereocenters. The largest absolute Gasteiger partial charge is 0.487 e. The fourth-order valence-corrected chi connectivity index (χ4v) is 6.56. The van der Waals surface area contributed by atoms with Crippen LogP contribution >= 0.6 is 23.2 Å². The average molecular weight is 699 g/mol. The van der Waals surface area contributed by atoms with Gasteiger partial charge in [-0.1, -0.05) is 35.3 Å². The Labute approximate surface area is 284 Å². The lowest BCUT2D eigenvalue weighted by Gasteiger charge is -2.42. The maximum absolute atomic E-state index is 13.6. The predicted octanol–water partition coefficient (Wildman–Crippen LogP) is 2.97. The lowest BCUT2D eigenvalue weighted by atomic mass is 9.92. The summed E-state index contributed by atoms with van der Waals surface area (Å²) in [7, 11) is 0. The Morgan fingerprint density at radius 3 is 2.42 bits per heavy atom. The molecule has 4 aromatic rings. The average Bonchev–Trinajstić information content (AvgIpc) is 3.72. The zero-order valence-corrected chi connectivity index (χ0v) is 26.8. The van der Waals surface area contributed by atoms with Crippen LogP contribution in [0, 0.1) is 0 Å². The van der Waals surface area contributed by atoms with E-state index < -0.39 is 49.4 Å². The van der Waals surface area contributed by atoms with Gasteiger partial charge in [0.05, 0.1) is 12.3 Å². The van der Waals surface area contributed by atoms with Gasteiger partial charge in [-0.25, -0.2) is 4.79 Å². The Hall–Kier alpha value is -4.05. The number of fused-ring (bicyclic) bond motifs is 3. The monoisotopic (exact) mass is 697 g/mol. The number of benzene rings is 3. The van der Waals surface area contributed by atoms with Crippen LogP contribution in [0.1, 0.15) is 22.9 Å². The molecule has 252 valence electrons. The minimum Gasteiger partial charge on any atom is -0.487 e. The van der Waals surface area contributed by atoms with Crippen LogP contribution in [-0.4, -0.2) is 91.8 Å². The van der Waals surface area contributed by atoms with E-state index in [0.717, 1.165) is 27.7 Å². The first-order valence-corrected chi connectivity index (χ1v) is 16.0. The molecule has 0 spiro atoms. The maximum atomic E-state index is 13.6. The van der Waals surface area contributed by atoms with Crippen molar-refractivity contribution < 1.29 is 39.4 Å². The van der Waals surface area contributed by atoms with E-state index in [9.17, 15) is 25.2 Å². The van der Waals surface area contributed by atoms with Crippen molar-refractivity contribution in [2.45, 2.75) is 43.1 Å². The first kappa shape index (κ1) is 32.5. The third kappa shape index (κ3) is 6.27. The molecule has 13 nitrogen and oxygen atoms in total. The molecule has 3 aromatic carbocycles. The van der Waals surface area contributed by atoms with Crippen LogP contribution in [0.5, 0.6) is 11.5 Å². The Morgan fingerprint density at radius 2 is 1.67 bits per heavy atom. The summed E-state index contributed by atoms with van der Waals surface area (Å²) >= 11 is 12.4. The second kappa shape index (κ2) is 13.5. The first-order valence-electron chi connectivity index (χ1n) is 15.3. The quantitative estimate of drug-likeness (QED) is 0.151. The first-order chi connectivity index (χ1) is 23.2. The molecule has 6 atom stereocenters. The summed E-state index contributed by atoms with van der Waals surface area (Å²) in [6.07, 6.45) is -4.83. The highest BCUT2D eigenvalue weighted by Gasteiger charge is 2.46. The molecule has 3 aliphatic heterocycles. The van der Waals surface area contributed by atoms with Crippen molar-refractivity contribution in [3.8, 4) is 11.5 Å². The second-order valence-corrected chi connectivity index (χ2v) is 12.6. The van der Waals surface area contributed by atoms with Crippen molar-refractivity contribution in [3.05, 3.63) is 105 Å². The zero-order valence-electron chi connectivity index (χ0n) is 25.3. The molecule has 4 heterocycles. The number of hydrogen-bond donors (Lipinski definition) is 7. The molecule has 15 heteroatoms. The van der Waals surface area contributed by atoms with Gasteiger partial charge in [0.1, 0.15) is 48.6 Å². The normalized spacial score (nSPS) is 25.4. The maximum Gasteiger partial charge on any atom is 0.416 e. The number of carbonyl (C=O) groups excluding carboxylic acids is 1. The molecule has 0 radical (unpaired) electrons. The Kier molecular flexibility index (Phi) is 9.11. The Balaban J connectivity index is 1.09. The molecule has 3 aliphatic rings. The highest BCUT2D eigenvalue weighted by Crippen LogP contribution is 2.40. The summed E-state index contributed by atoms with van der Waals surface area (Å²) in [5.41, 5.74) is 10.0. The number of carbonyl (C=O) groups is 1. The number of H-pyrrole nitrogens is 1. The number of rotatable bonds is 7. The number of ether oxygens (including phenoxy) is 3. The van der Waals surface area contributed by atoms with E-state index in [1.54, 1.807) is 35.4 Å². The van der Waals surface area contributed by atoms with Gasteiger partial charge in [-0.15, -0.1) is 5.53 Å². The summed E-state index contributed by atoms with van der Waals surface area (Å²) in [4.78, 5) is 18.8. The van der Waals surface area contributed by atoms with Crippen LogP contribution in [0.25, 0.3) is 10.9 Å². The smallest absolute Gasteiger partial charge is 0.416 e. The molecule has 0 saturated carbocycles. The molecule has 0 bridgehead atoms. The van der Waals surface area contributed by atoms with Crippen molar-refractivity contribution >= 4 is 40.2 Å². The van der Waals surface area contributed by atoms with E-state index in [1.807, 2.05) is 42.5 Å². The molecule has 7 rings (SSSR count). The standard InChI is InChI=1S/C33H33Cl2N5O8/c34-18-3-8-22(9-4-18)47-33(45)39-12-11-23-24-13-19(35)5-10-25(24)36-27(23)28(39)17-1-6-21(7-2-17)46-16-20-14-40(38-37-20)32-31(44)30(43)29(42)26(15-41)48-32/h1-10,13-14,26,28-32,36-38,41-44H,11-12,15-16H2/t26?,28-,29?,30?,31?,32+/m0/s1. The van der Waals surface area contributed by atoms with Crippen LogP contribution in [0.2, 0.25) is 10.0 Å². The molecule has 7 N–H and O–H groups in total. The van der Waals surface area contributed by atoms with Crippen molar-refractivity contribution in [2.24, 2.45) is 0 Å². The van der Waals surface area contributed by atoms with Crippen molar-refractivity contribution in [1.29, 1.82) is 0 Å². The number of hydrogen-bond acceptors (Lipinski definition) is 11. The van der Waals surface area contributed by atoms with E-state index >= 15 is 0 Å². The third-order valence-electron chi connectivity index (χ3n) is 8.71. The van der Waals surface area contributed by atoms with Crippen LogP contribution in [0.4, 0.5) is 4.79 Å². The molecular formula is C33H33Cl2N5O8. The second-order valence-electron chi connectivity index (χ2n) is 11.8. The highest BCUT2D eigenvalue weighted by atomic mass is 35.5. The number of hydrazine groups is 2. The van der Waals surface area contributed by atoms with E-state index in [-0.39, 0.29) is 6.61 Å². The van der Waals surface area contributed by atoms with Gasteiger partial charge >= 0.3 is 6.09 Å². The van der Waals surface area contributed by atoms with Crippen molar-refractivity contribution in [3.63, 3.8) is 0 Å². The Bertz CT molecular complexity index is 1820. The highest BCUT2D eigenvalue weighted by molar-refractivity contribution is 6.31. The van der Waals surface area contributed by atoms with Gasteiger partial charge in [0.2, 0.25) is 0 Å². The molecule has 1 saturated heterocycles. The molecule has 1 aromatic heterocycles. The number of amides is 1. The van der Waals surface area contributed by atoms with Gasteiger partial charge in [0.25, 0.3) is 0 Å². The molecule has 0 aliphatic carbocycles. The van der Waals surface area contributed by atoms with Gasteiger partial charge in [-0.05, 0) is 72.1 Å². The number of aliphatic hydroxyl groups excluding tert-OH is 4. The number of nitrogens with zero attached hydrogens (tertiary/aromatic N) is 2. The minimum absolute atomic E-state index is 0.107. The number of aliphatic hydroxyl groups is 4. The predicted molar refractivity (Wildman–Crippen MR) is 175 cm³/mol. The van der Waals surface area contributed by atoms with Gasteiger partial charge in [0.15, 0.2) is 6.23 Å². The van der Waals surface area contributed by atoms with Crippen molar-refractivity contribution in [2.75, 3.05) is 19.8 Å². The number of halogens is 2. The number of aromatic nitrogens is 1. The fourth-order valence-electron chi connectivity index (χ4n) is 6.26. The van der Waals surface area contributed by atoms with Gasteiger partial charge < -0.3 is 45.0 Å². The third-order valence-corrected chi connectivity index (χ3v) is 9.20. The molecular weight excluding hydrogens is 665 g/mol. The minimum atomic E-state index is -1.51. The zero-order chi connectivity index (χ0) is 33.5. The van der Waals surface area contributed by atoms with Crippen LogP contribution in [-0.2, 0) is 11.2 Å². The van der Waals surface area contributed by atoms with Crippen LogP contribution in [0.3, 0.4) is 0 Å². The van der Waals surface area contributed by atoms with Crippen molar-refractivity contribution in [1.82, 2.24) is 25.9 Å². The van der Waals surface area contributed by atoms with Gasteiger partial charge in [-0.3, -0.25) is 9.91 Å². The Morgan fingerprint density at radius 1 is 0.938 bits per heavy atom. The fraction of sp³-hybridized carbons (Fsp3) is 0.303. The number of nitrogens with one attached hydrogen (secondary N) is 3. The topological polar surface area (TPSA) is 172 Å². The van der Waals surface area contributed by atoms with E-state index in [1.165, 1.54) is 5.01 Å². The molecule has 1 fully saturated rings. The van der Waals surface area contributed by atoms with Crippen LogP contribution < -0.4 is 20.4 Å². The summed E-state index contributed by atoms with van der Waals surface area (Å²) in [5, 5.41) is 43.7.